The van der Waals surface area contributed by atoms with Crippen LogP contribution in [0.3, 0.4) is 0 Å². The number of rotatable bonds is 10. The average molecular weight is 350 g/mol. The van der Waals surface area contributed by atoms with Crippen LogP contribution in [0.15, 0.2) is 24.3 Å². The molecule has 0 aliphatic heterocycles. The molecule has 1 unspecified atom stereocenters. The Morgan fingerprint density at radius 2 is 1.76 bits per heavy atom. The molecule has 1 atom stereocenters. The molecule has 1 aromatic carbocycles. The summed E-state index contributed by atoms with van der Waals surface area (Å²) in [5, 5.41) is 14.2. The lowest BCUT2D eigenvalue weighted by Gasteiger charge is -2.15. The lowest BCUT2D eigenvalue weighted by molar-refractivity contribution is -0.142. The van der Waals surface area contributed by atoms with Crippen LogP contribution < -0.4 is 15.4 Å². The summed E-state index contributed by atoms with van der Waals surface area (Å²) in [6.07, 6.45) is 0.480. The van der Waals surface area contributed by atoms with E-state index in [0.29, 0.717) is 24.3 Å². The van der Waals surface area contributed by atoms with E-state index in [1.807, 2.05) is 20.8 Å². The molecular weight excluding hydrogens is 324 g/mol. The van der Waals surface area contributed by atoms with Gasteiger partial charge in [-0.25, -0.2) is 0 Å². The molecule has 0 bridgehead atoms. The molecule has 25 heavy (non-hydrogen) atoms. The Morgan fingerprint density at radius 1 is 1.12 bits per heavy atom. The normalized spacial score (nSPS) is 11.7. The molecule has 7 heteroatoms. The van der Waals surface area contributed by atoms with Crippen LogP contribution >= 0.6 is 0 Å². The van der Waals surface area contributed by atoms with E-state index < -0.39 is 17.8 Å². The Kier molecular flexibility index (Phi) is 8.46. The quantitative estimate of drug-likeness (QED) is 0.595. The number of carboxylic acid groups (broad SMARTS) is 1. The predicted molar refractivity (Wildman–Crippen MR) is 93.5 cm³/mol. The van der Waals surface area contributed by atoms with Crippen LogP contribution in [0.4, 0.5) is 0 Å². The smallest absolute Gasteiger partial charge is 0.308 e. The zero-order valence-electron chi connectivity index (χ0n) is 14.9. The Morgan fingerprint density at radius 3 is 2.28 bits per heavy atom. The molecule has 0 saturated heterocycles. The van der Waals surface area contributed by atoms with Crippen molar-refractivity contribution in [3.8, 4) is 5.75 Å². The Bertz CT molecular complexity index is 584. The number of benzene rings is 1. The zero-order chi connectivity index (χ0) is 18.8. The molecule has 0 saturated carbocycles. The molecule has 138 valence electrons. The first kappa shape index (κ1) is 20.5. The van der Waals surface area contributed by atoms with E-state index in [-0.39, 0.29) is 24.9 Å². The number of hydrogen-bond donors (Lipinski definition) is 3. The Labute approximate surface area is 147 Å². The van der Waals surface area contributed by atoms with Gasteiger partial charge in [0.1, 0.15) is 5.75 Å². The first-order valence-corrected chi connectivity index (χ1v) is 8.34. The number of carboxylic acids is 1. The first-order chi connectivity index (χ1) is 11.8. The third-order valence-electron chi connectivity index (χ3n) is 3.49. The van der Waals surface area contributed by atoms with E-state index in [2.05, 4.69) is 10.6 Å². The number of ether oxygens (including phenoxy) is 1. The van der Waals surface area contributed by atoms with E-state index in [4.69, 9.17) is 9.84 Å². The number of aliphatic carboxylic acids is 1. The van der Waals surface area contributed by atoms with Crippen LogP contribution in [-0.2, 0) is 9.59 Å². The zero-order valence-corrected chi connectivity index (χ0v) is 14.9. The van der Waals surface area contributed by atoms with Gasteiger partial charge in [0, 0.05) is 12.1 Å². The molecule has 0 heterocycles. The fraction of sp³-hybridized carbons (Fsp3) is 0.500. The lowest BCUT2D eigenvalue weighted by Crippen LogP contribution is -2.40. The van der Waals surface area contributed by atoms with Gasteiger partial charge in [0.15, 0.2) is 0 Å². The fourth-order valence-electron chi connectivity index (χ4n) is 2.27. The summed E-state index contributed by atoms with van der Waals surface area (Å²) in [6.45, 7) is 6.10. The number of amides is 2. The highest BCUT2D eigenvalue weighted by molar-refractivity contribution is 5.96. The Hall–Kier alpha value is -2.57. The molecular formula is C18H26N2O5. The van der Waals surface area contributed by atoms with Gasteiger partial charge < -0.3 is 20.5 Å². The van der Waals surface area contributed by atoms with Crippen LogP contribution in [0.5, 0.6) is 5.75 Å². The monoisotopic (exact) mass is 350 g/mol. The third-order valence-corrected chi connectivity index (χ3v) is 3.49. The van der Waals surface area contributed by atoms with Gasteiger partial charge in [-0.1, -0.05) is 13.8 Å². The van der Waals surface area contributed by atoms with Crippen molar-refractivity contribution >= 4 is 17.8 Å². The second-order valence-electron chi connectivity index (χ2n) is 6.11. The van der Waals surface area contributed by atoms with Crippen LogP contribution in [0, 0.1) is 11.8 Å². The number of hydrogen-bond acceptors (Lipinski definition) is 4. The third kappa shape index (κ3) is 7.69. The standard InChI is InChI=1S/C18H26N2O5/c1-4-25-15-7-5-13(6-8-15)17(22)20-11-16(21)19-10-14(18(23)24)9-12(2)3/h5-8,12,14H,4,9-11H2,1-3H3,(H,19,21)(H,20,22)(H,23,24). The summed E-state index contributed by atoms with van der Waals surface area (Å²) < 4.78 is 5.30. The minimum absolute atomic E-state index is 0.0469. The van der Waals surface area contributed by atoms with Gasteiger partial charge >= 0.3 is 5.97 Å². The summed E-state index contributed by atoms with van der Waals surface area (Å²) in [4.78, 5) is 34.9. The molecule has 2 amide bonds. The molecule has 1 aromatic rings. The fourth-order valence-corrected chi connectivity index (χ4v) is 2.27. The summed E-state index contributed by atoms with van der Waals surface area (Å²) in [6, 6.07) is 6.59. The van der Waals surface area contributed by atoms with Crippen molar-refractivity contribution in [2.45, 2.75) is 27.2 Å². The molecule has 3 N–H and O–H groups in total. The highest BCUT2D eigenvalue weighted by atomic mass is 16.5. The van der Waals surface area contributed by atoms with Gasteiger partial charge in [-0.15, -0.1) is 0 Å². The lowest BCUT2D eigenvalue weighted by atomic mass is 9.97. The maximum atomic E-state index is 12.0. The van der Waals surface area contributed by atoms with E-state index in [9.17, 15) is 14.4 Å². The van der Waals surface area contributed by atoms with Crippen molar-refractivity contribution in [1.29, 1.82) is 0 Å². The second-order valence-corrected chi connectivity index (χ2v) is 6.11. The van der Waals surface area contributed by atoms with E-state index in [0.717, 1.165) is 0 Å². The number of carbonyl (C=O) groups excluding carboxylic acids is 2. The van der Waals surface area contributed by atoms with Crippen molar-refractivity contribution in [3.63, 3.8) is 0 Å². The van der Waals surface area contributed by atoms with Gasteiger partial charge in [0.05, 0.1) is 19.1 Å². The number of carbonyl (C=O) groups is 3. The molecule has 0 fully saturated rings. The second kappa shape index (κ2) is 10.3. The molecule has 0 radical (unpaired) electrons. The topological polar surface area (TPSA) is 105 Å². The first-order valence-electron chi connectivity index (χ1n) is 8.34. The minimum atomic E-state index is -0.938. The molecule has 0 aliphatic carbocycles. The van der Waals surface area contributed by atoms with E-state index in [1.165, 1.54) is 0 Å². The van der Waals surface area contributed by atoms with Gasteiger partial charge in [0.2, 0.25) is 5.91 Å². The minimum Gasteiger partial charge on any atom is -0.494 e. The van der Waals surface area contributed by atoms with Gasteiger partial charge in [-0.2, -0.15) is 0 Å². The average Bonchev–Trinajstić information content (AvgIpc) is 2.56. The molecule has 1 rings (SSSR count). The predicted octanol–water partition coefficient (Wildman–Crippen LogP) is 1.68. The van der Waals surface area contributed by atoms with E-state index >= 15 is 0 Å². The van der Waals surface area contributed by atoms with Crippen LogP contribution in [0.25, 0.3) is 0 Å². The van der Waals surface area contributed by atoms with Crippen molar-refractivity contribution in [2.24, 2.45) is 11.8 Å². The summed E-state index contributed by atoms with van der Waals surface area (Å²) in [7, 11) is 0. The van der Waals surface area contributed by atoms with Crippen molar-refractivity contribution in [2.75, 3.05) is 19.7 Å². The summed E-state index contributed by atoms with van der Waals surface area (Å²) in [5.74, 6) is -1.48. The molecule has 0 aliphatic rings. The SMILES string of the molecule is CCOc1ccc(C(=O)NCC(=O)NCC(CC(C)C)C(=O)O)cc1. The van der Waals surface area contributed by atoms with Crippen molar-refractivity contribution in [3.05, 3.63) is 29.8 Å². The largest absolute Gasteiger partial charge is 0.494 e. The van der Waals surface area contributed by atoms with Gasteiger partial charge in [-0.05, 0) is 43.5 Å². The number of nitrogens with one attached hydrogen (secondary N) is 2. The van der Waals surface area contributed by atoms with Crippen molar-refractivity contribution in [1.82, 2.24) is 10.6 Å². The highest BCUT2D eigenvalue weighted by Crippen LogP contribution is 2.12. The van der Waals surface area contributed by atoms with Crippen LogP contribution in [-0.4, -0.2) is 42.6 Å². The van der Waals surface area contributed by atoms with Gasteiger partial charge in [-0.3, -0.25) is 14.4 Å². The van der Waals surface area contributed by atoms with Crippen molar-refractivity contribution < 1.29 is 24.2 Å². The molecule has 0 aromatic heterocycles. The maximum Gasteiger partial charge on any atom is 0.308 e. The molecule has 0 spiro atoms. The summed E-state index contributed by atoms with van der Waals surface area (Å²) >= 11 is 0. The summed E-state index contributed by atoms with van der Waals surface area (Å²) in [5.41, 5.74) is 0.416. The van der Waals surface area contributed by atoms with E-state index in [1.54, 1.807) is 24.3 Å². The van der Waals surface area contributed by atoms with Crippen LogP contribution in [0.2, 0.25) is 0 Å². The Balaban J connectivity index is 2.42. The highest BCUT2D eigenvalue weighted by Gasteiger charge is 2.19. The molecule has 7 nitrogen and oxygen atoms in total. The maximum absolute atomic E-state index is 12.0. The van der Waals surface area contributed by atoms with Crippen LogP contribution in [0.1, 0.15) is 37.6 Å². The van der Waals surface area contributed by atoms with Gasteiger partial charge in [0.25, 0.3) is 5.91 Å².